The van der Waals surface area contributed by atoms with E-state index in [4.69, 9.17) is 9.15 Å². The number of esters is 1. The maximum absolute atomic E-state index is 12.4. The first kappa shape index (κ1) is 20.4. The van der Waals surface area contributed by atoms with Gasteiger partial charge in [0.15, 0.2) is 6.10 Å². The number of hydrogen-bond acceptors (Lipinski definition) is 5. The number of fused-ring (bicyclic) bond motifs is 3. The van der Waals surface area contributed by atoms with E-state index in [0.717, 1.165) is 16.2 Å². The maximum Gasteiger partial charge on any atom is 0.321 e. The fraction of sp³-hybridized carbons (Fsp3) is 0.318. The zero-order valence-corrected chi connectivity index (χ0v) is 16.9. The molecule has 0 saturated heterocycles. The van der Waals surface area contributed by atoms with Crippen molar-refractivity contribution >= 4 is 39.6 Å². The molecule has 3 aromatic rings. The van der Waals surface area contributed by atoms with E-state index in [1.807, 2.05) is 36.4 Å². The molecule has 29 heavy (non-hydrogen) atoms. The van der Waals surface area contributed by atoms with E-state index >= 15 is 0 Å². The molecule has 2 aromatic carbocycles. The number of imide groups is 1. The van der Waals surface area contributed by atoms with Gasteiger partial charge < -0.3 is 14.5 Å². The van der Waals surface area contributed by atoms with E-state index in [1.165, 1.54) is 13.2 Å². The summed E-state index contributed by atoms with van der Waals surface area (Å²) in [6.07, 6.45) is 0.371. The molecule has 3 amide bonds. The highest BCUT2D eigenvalue weighted by molar-refractivity contribution is 6.08. The van der Waals surface area contributed by atoms with Crippen molar-refractivity contribution in [1.29, 1.82) is 0 Å². The van der Waals surface area contributed by atoms with Gasteiger partial charge in [0, 0.05) is 16.5 Å². The Hall–Kier alpha value is -3.35. The predicted molar refractivity (Wildman–Crippen MR) is 109 cm³/mol. The zero-order valence-electron chi connectivity index (χ0n) is 16.9. The van der Waals surface area contributed by atoms with Crippen LogP contribution >= 0.6 is 0 Å². The molecule has 0 spiro atoms. The fourth-order valence-electron chi connectivity index (χ4n) is 3.04. The lowest BCUT2D eigenvalue weighted by Crippen LogP contribution is -2.50. The molecule has 0 aliphatic carbocycles. The molecule has 0 unspecified atom stereocenters. The van der Waals surface area contributed by atoms with Gasteiger partial charge in [-0.3, -0.25) is 14.9 Å². The largest absolute Gasteiger partial charge is 0.464 e. The molecular formula is C22H24N2O5. The molecule has 2 N–H and O–H groups in total. The molecule has 0 aliphatic heterocycles. The van der Waals surface area contributed by atoms with Crippen LogP contribution in [0.3, 0.4) is 0 Å². The SMILES string of the molecule is C[C@H](OC(=O)Cc1coc2ccc3ccccc3c12)C(=O)NC(=O)NC(C)(C)C. The van der Waals surface area contributed by atoms with Gasteiger partial charge in [0.05, 0.1) is 12.7 Å². The number of nitrogens with one attached hydrogen (secondary N) is 2. The Morgan fingerprint density at radius 3 is 2.55 bits per heavy atom. The molecular weight excluding hydrogens is 372 g/mol. The van der Waals surface area contributed by atoms with Gasteiger partial charge in [-0.2, -0.15) is 0 Å². The van der Waals surface area contributed by atoms with Gasteiger partial charge in [-0.1, -0.05) is 30.3 Å². The van der Waals surface area contributed by atoms with Gasteiger partial charge in [-0.05, 0) is 44.5 Å². The molecule has 7 heteroatoms. The Morgan fingerprint density at radius 1 is 1.10 bits per heavy atom. The lowest BCUT2D eigenvalue weighted by atomic mass is 10.0. The molecule has 152 valence electrons. The van der Waals surface area contributed by atoms with Crippen molar-refractivity contribution in [1.82, 2.24) is 10.6 Å². The normalized spacial score (nSPS) is 12.6. The summed E-state index contributed by atoms with van der Waals surface area (Å²) in [5.74, 6) is -1.28. The first-order valence-electron chi connectivity index (χ1n) is 9.34. The van der Waals surface area contributed by atoms with Gasteiger partial charge in [-0.25, -0.2) is 4.79 Å². The van der Waals surface area contributed by atoms with E-state index in [2.05, 4.69) is 10.6 Å². The number of rotatable bonds is 4. The number of benzene rings is 2. The van der Waals surface area contributed by atoms with Crippen LogP contribution in [0.2, 0.25) is 0 Å². The second kappa shape index (κ2) is 7.95. The number of carbonyl (C=O) groups is 3. The first-order chi connectivity index (χ1) is 13.6. The Morgan fingerprint density at radius 2 is 1.83 bits per heavy atom. The molecule has 3 rings (SSSR count). The summed E-state index contributed by atoms with van der Waals surface area (Å²) in [6, 6.07) is 11.0. The van der Waals surface area contributed by atoms with E-state index in [-0.39, 0.29) is 6.42 Å². The highest BCUT2D eigenvalue weighted by Gasteiger charge is 2.23. The Bertz CT molecular complexity index is 1080. The highest BCUT2D eigenvalue weighted by Crippen LogP contribution is 2.30. The number of amides is 3. The minimum absolute atomic E-state index is 0.0488. The molecule has 7 nitrogen and oxygen atoms in total. The average Bonchev–Trinajstić information content (AvgIpc) is 3.03. The quantitative estimate of drug-likeness (QED) is 0.656. The fourth-order valence-corrected chi connectivity index (χ4v) is 3.04. The van der Waals surface area contributed by atoms with Crippen molar-refractivity contribution < 1.29 is 23.5 Å². The van der Waals surface area contributed by atoms with E-state index < -0.39 is 29.6 Å². The minimum Gasteiger partial charge on any atom is -0.464 e. The van der Waals surface area contributed by atoms with E-state index in [1.54, 1.807) is 20.8 Å². The van der Waals surface area contributed by atoms with Crippen molar-refractivity contribution in [3.05, 3.63) is 48.2 Å². The standard InChI is InChI=1S/C22H24N2O5/c1-13(20(26)23-21(27)24-22(2,3)4)29-18(25)11-15-12-28-17-10-9-14-7-5-6-8-16(14)19(15)17/h5-10,12-13H,11H2,1-4H3,(H2,23,24,26,27)/t13-/m0/s1. The number of furan rings is 1. The van der Waals surface area contributed by atoms with Crippen LogP contribution in [-0.4, -0.2) is 29.6 Å². The Labute approximate surface area is 168 Å². The Balaban J connectivity index is 1.67. The van der Waals surface area contributed by atoms with Gasteiger partial charge >= 0.3 is 12.0 Å². The topological polar surface area (TPSA) is 97.6 Å². The second-order valence-electron chi connectivity index (χ2n) is 7.92. The second-order valence-corrected chi connectivity index (χ2v) is 7.92. The Kier molecular flexibility index (Phi) is 5.59. The number of ether oxygens (including phenoxy) is 1. The summed E-state index contributed by atoms with van der Waals surface area (Å²) in [7, 11) is 0. The summed E-state index contributed by atoms with van der Waals surface area (Å²) in [5.41, 5.74) is 0.867. The van der Waals surface area contributed by atoms with Crippen LogP contribution in [0.25, 0.3) is 21.7 Å². The van der Waals surface area contributed by atoms with Crippen LogP contribution in [0.15, 0.2) is 47.1 Å². The number of carbonyl (C=O) groups excluding carboxylic acids is 3. The van der Waals surface area contributed by atoms with Crippen LogP contribution in [-0.2, 0) is 20.7 Å². The summed E-state index contributed by atoms with van der Waals surface area (Å²) >= 11 is 0. The number of urea groups is 1. The maximum atomic E-state index is 12.4. The van der Waals surface area contributed by atoms with Crippen molar-refractivity contribution in [2.45, 2.75) is 45.8 Å². The molecule has 0 fully saturated rings. The predicted octanol–water partition coefficient (Wildman–Crippen LogP) is 3.68. The van der Waals surface area contributed by atoms with Crippen LogP contribution in [0.1, 0.15) is 33.3 Å². The third kappa shape index (κ3) is 4.93. The van der Waals surface area contributed by atoms with Crippen molar-refractivity contribution in [2.24, 2.45) is 0 Å². The third-order valence-electron chi connectivity index (χ3n) is 4.28. The van der Waals surface area contributed by atoms with Crippen LogP contribution < -0.4 is 10.6 Å². The van der Waals surface area contributed by atoms with Gasteiger partial charge in [0.2, 0.25) is 0 Å². The summed E-state index contributed by atoms with van der Waals surface area (Å²) in [4.78, 5) is 36.3. The monoisotopic (exact) mass is 396 g/mol. The lowest BCUT2D eigenvalue weighted by molar-refractivity contribution is -0.153. The van der Waals surface area contributed by atoms with Gasteiger partial charge in [0.25, 0.3) is 5.91 Å². The number of hydrogen-bond donors (Lipinski definition) is 2. The van der Waals surface area contributed by atoms with Crippen molar-refractivity contribution in [3.8, 4) is 0 Å². The summed E-state index contributed by atoms with van der Waals surface area (Å²) in [5, 5.41) is 7.64. The molecule has 1 aromatic heterocycles. The molecule has 0 saturated carbocycles. The van der Waals surface area contributed by atoms with Crippen LogP contribution in [0.4, 0.5) is 4.79 Å². The van der Waals surface area contributed by atoms with Gasteiger partial charge in [-0.15, -0.1) is 0 Å². The molecule has 0 bridgehead atoms. The van der Waals surface area contributed by atoms with E-state index in [0.29, 0.717) is 11.1 Å². The van der Waals surface area contributed by atoms with Crippen LogP contribution in [0.5, 0.6) is 0 Å². The molecule has 0 aliphatic rings. The molecule has 1 atom stereocenters. The minimum atomic E-state index is -1.11. The summed E-state index contributed by atoms with van der Waals surface area (Å²) in [6.45, 7) is 6.79. The van der Waals surface area contributed by atoms with E-state index in [9.17, 15) is 14.4 Å². The van der Waals surface area contributed by atoms with Crippen LogP contribution in [0, 0.1) is 0 Å². The highest BCUT2D eigenvalue weighted by atomic mass is 16.5. The molecule has 0 radical (unpaired) electrons. The lowest BCUT2D eigenvalue weighted by Gasteiger charge is -2.21. The van der Waals surface area contributed by atoms with Gasteiger partial charge in [0.1, 0.15) is 5.58 Å². The first-order valence-corrected chi connectivity index (χ1v) is 9.34. The smallest absolute Gasteiger partial charge is 0.321 e. The van der Waals surface area contributed by atoms with Crippen molar-refractivity contribution in [3.63, 3.8) is 0 Å². The molecule has 1 heterocycles. The third-order valence-corrected chi connectivity index (χ3v) is 4.28. The average molecular weight is 396 g/mol. The zero-order chi connectivity index (χ0) is 21.2. The summed E-state index contributed by atoms with van der Waals surface area (Å²) < 4.78 is 10.8. The van der Waals surface area contributed by atoms with Crippen molar-refractivity contribution in [2.75, 3.05) is 0 Å².